The molecule has 1 aliphatic heterocycles. The topological polar surface area (TPSA) is 65.5 Å². The smallest absolute Gasteiger partial charge is 0.254 e. The molecule has 0 bridgehead atoms. The molecule has 0 spiro atoms. The van der Waals surface area contributed by atoms with E-state index >= 15 is 0 Å². The van der Waals surface area contributed by atoms with Gasteiger partial charge in [0.25, 0.3) is 11.8 Å². The van der Waals surface area contributed by atoms with Gasteiger partial charge >= 0.3 is 0 Å². The van der Waals surface area contributed by atoms with E-state index in [0.29, 0.717) is 30.8 Å². The molecule has 2 heterocycles. The van der Waals surface area contributed by atoms with Crippen LogP contribution in [0.2, 0.25) is 0 Å². The Kier molecular flexibility index (Phi) is 7.22. The summed E-state index contributed by atoms with van der Waals surface area (Å²) >= 11 is 1.56. The summed E-state index contributed by atoms with van der Waals surface area (Å²) in [6, 6.07) is 15.3. The molecule has 0 aliphatic carbocycles. The number of benzene rings is 2. The van der Waals surface area contributed by atoms with Gasteiger partial charge in [0.15, 0.2) is 0 Å². The van der Waals surface area contributed by atoms with Crippen LogP contribution in [0.3, 0.4) is 0 Å². The molecule has 2 aromatic carbocycles. The highest BCUT2D eigenvalue weighted by atomic mass is 32.2. The molecule has 4 rings (SSSR count). The van der Waals surface area contributed by atoms with Crippen molar-refractivity contribution in [3.05, 3.63) is 88.2 Å². The van der Waals surface area contributed by atoms with E-state index in [4.69, 9.17) is 0 Å². The Morgan fingerprint density at radius 3 is 2.71 bits per heavy atom. The lowest BCUT2D eigenvalue weighted by Gasteiger charge is -2.31. The minimum absolute atomic E-state index is 0.0263. The van der Waals surface area contributed by atoms with Crippen LogP contribution < -0.4 is 10.2 Å². The quantitative estimate of drug-likeness (QED) is 0.540. The van der Waals surface area contributed by atoms with E-state index in [1.807, 2.05) is 91.8 Å². The van der Waals surface area contributed by atoms with Gasteiger partial charge in [-0.1, -0.05) is 18.2 Å². The number of carbonyl (C=O) groups is 2. The Morgan fingerprint density at radius 1 is 1.15 bits per heavy atom. The van der Waals surface area contributed by atoms with Crippen LogP contribution in [-0.2, 0) is 19.5 Å². The maximum atomic E-state index is 13.2. The molecule has 0 radical (unpaired) electrons. The third-order valence-electron chi connectivity index (χ3n) is 6.27. The number of thioether (sulfide) groups is 1. The summed E-state index contributed by atoms with van der Waals surface area (Å²) in [7, 11) is 3.93. The molecule has 2 amide bonds. The zero-order valence-electron chi connectivity index (χ0n) is 20.1. The molecule has 1 aromatic heterocycles. The fourth-order valence-corrected chi connectivity index (χ4v) is 4.92. The van der Waals surface area contributed by atoms with Gasteiger partial charge in [0, 0.05) is 61.8 Å². The summed E-state index contributed by atoms with van der Waals surface area (Å²) in [5.74, 6) is -0.0613. The first-order valence-corrected chi connectivity index (χ1v) is 12.6. The van der Waals surface area contributed by atoms with E-state index in [-0.39, 0.29) is 11.8 Å². The number of carbonyl (C=O) groups excluding carboxylic acids is 2. The van der Waals surface area contributed by atoms with E-state index in [9.17, 15) is 9.59 Å². The molecule has 7 heteroatoms. The summed E-state index contributed by atoms with van der Waals surface area (Å²) < 4.78 is 0. The molecule has 1 N–H and O–H groups in total. The molecule has 0 saturated heterocycles. The van der Waals surface area contributed by atoms with Gasteiger partial charge in [-0.15, -0.1) is 11.8 Å². The average molecular weight is 475 g/mol. The normalized spacial score (nSPS) is 12.8. The maximum Gasteiger partial charge on any atom is 0.254 e. The summed E-state index contributed by atoms with van der Waals surface area (Å²) in [6.45, 7) is 3.55. The number of hydrogen-bond acceptors (Lipinski definition) is 5. The predicted molar refractivity (Wildman–Crippen MR) is 138 cm³/mol. The molecule has 1 aliphatic rings. The molecule has 34 heavy (non-hydrogen) atoms. The number of aryl methyl sites for hydroxylation is 1. The predicted octanol–water partition coefficient (Wildman–Crippen LogP) is 4.31. The van der Waals surface area contributed by atoms with Crippen molar-refractivity contribution >= 4 is 29.3 Å². The van der Waals surface area contributed by atoms with E-state index < -0.39 is 0 Å². The Labute approximate surface area is 205 Å². The largest absolute Gasteiger partial charge is 0.378 e. The highest BCUT2D eigenvalue weighted by molar-refractivity contribution is 7.98. The summed E-state index contributed by atoms with van der Waals surface area (Å²) in [5.41, 5.74) is 6.57. The Bertz CT molecular complexity index is 1230. The fourth-order valence-electron chi connectivity index (χ4n) is 4.33. The SMILES string of the molecule is CSc1ccccc1C(=O)NCc1c(C)ncc2c1CCN(C(=O)c1cccc(N(C)C)c1)C2. The number of rotatable bonds is 6. The molecule has 0 unspecified atom stereocenters. The molecule has 0 fully saturated rings. The summed E-state index contributed by atoms with van der Waals surface area (Å²) in [6.07, 6.45) is 4.58. The molecular formula is C27H30N4O2S. The second-order valence-corrected chi connectivity index (χ2v) is 9.48. The van der Waals surface area contributed by atoms with Gasteiger partial charge in [0.2, 0.25) is 0 Å². The molecular weight excluding hydrogens is 444 g/mol. The van der Waals surface area contributed by atoms with Crippen molar-refractivity contribution in [1.82, 2.24) is 15.2 Å². The first-order chi connectivity index (χ1) is 16.4. The number of aromatic nitrogens is 1. The van der Waals surface area contributed by atoms with Crippen LogP contribution in [0.1, 0.15) is 43.1 Å². The van der Waals surface area contributed by atoms with Gasteiger partial charge in [-0.3, -0.25) is 14.6 Å². The summed E-state index contributed by atoms with van der Waals surface area (Å²) in [4.78, 5) is 35.5. The summed E-state index contributed by atoms with van der Waals surface area (Å²) in [5, 5.41) is 3.08. The molecule has 0 saturated carbocycles. The monoisotopic (exact) mass is 474 g/mol. The maximum absolute atomic E-state index is 13.2. The third-order valence-corrected chi connectivity index (χ3v) is 7.07. The first kappa shape index (κ1) is 23.8. The number of hydrogen-bond donors (Lipinski definition) is 1. The van der Waals surface area contributed by atoms with Crippen molar-refractivity contribution in [2.45, 2.75) is 31.3 Å². The van der Waals surface area contributed by atoms with Crippen molar-refractivity contribution in [1.29, 1.82) is 0 Å². The van der Waals surface area contributed by atoms with Gasteiger partial charge in [0.1, 0.15) is 0 Å². The van der Waals surface area contributed by atoms with Crippen LogP contribution in [0, 0.1) is 6.92 Å². The fraction of sp³-hybridized carbons (Fsp3) is 0.296. The van der Waals surface area contributed by atoms with Gasteiger partial charge in [-0.25, -0.2) is 0 Å². The first-order valence-electron chi connectivity index (χ1n) is 11.3. The van der Waals surface area contributed by atoms with E-state index in [1.54, 1.807) is 11.8 Å². The van der Waals surface area contributed by atoms with Crippen LogP contribution in [0.4, 0.5) is 5.69 Å². The lowest BCUT2D eigenvalue weighted by Crippen LogP contribution is -2.37. The van der Waals surface area contributed by atoms with Crippen LogP contribution in [0.25, 0.3) is 0 Å². The number of nitrogens with zero attached hydrogens (tertiary/aromatic N) is 3. The van der Waals surface area contributed by atoms with Crippen LogP contribution in [0.5, 0.6) is 0 Å². The lowest BCUT2D eigenvalue weighted by atomic mass is 9.94. The Hall–Kier alpha value is -3.32. The van der Waals surface area contributed by atoms with Gasteiger partial charge in [-0.05, 0) is 66.6 Å². The van der Waals surface area contributed by atoms with E-state index in [2.05, 4.69) is 10.3 Å². The second-order valence-electron chi connectivity index (χ2n) is 8.63. The van der Waals surface area contributed by atoms with Crippen molar-refractivity contribution < 1.29 is 9.59 Å². The third kappa shape index (κ3) is 4.94. The number of amides is 2. The zero-order chi connectivity index (χ0) is 24.2. The highest BCUT2D eigenvalue weighted by Gasteiger charge is 2.25. The molecule has 0 atom stereocenters. The zero-order valence-corrected chi connectivity index (χ0v) is 20.9. The van der Waals surface area contributed by atoms with Crippen LogP contribution in [-0.4, -0.2) is 48.6 Å². The van der Waals surface area contributed by atoms with Crippen LogP contribution >= 0.6 is 11.8 Å². The van der Waals surface area contributed by atoms with Gasteiger partial charge in [-0.2, -0.15) is 0 Å². The van der Waals surface area contributed by atoms with Crippen molar-refractivity contribution in [2.75, 3.05) is 31.8 Å². The van der Waals surface area contributed by atoms with E-state index in [0.717, 1.165) is 33.8 Å². The lowest BCUT2D eigenvalue weighted by molar-refractivity contribution is 0.0734. The highest BCUT2D eigenvalue weighted by Crippen LogP contribution is 2.26. The minimum atomic E-state index is -0.0876. The van der Waals surface area contributed by atoms with Crippen molar-refractivity contribution in [2.24, 2.45) is 0 Å². The number of nitrogens with one attached hydrogen (secondary N) is 1. The van der Waals surface area contributed by atoms with E-state index in [1.165, 1.54) is 5.56 Å². The minimum Gasteiger partial charge on any atom is -0.378 e. The van der Waals surface area contributed by atoms with Gasteiger partial charge in [0.05, 0.1) is 5.56 Å². The molecule has 6 nitrogen and oxygen atoms in total. The number of anilines is 1. The van der Waals surface area contributed by atoms with Crippen LogP contribution in [0.15, 0.2) is 59.6 Å². The second kappa shape index (κ2) is 10.3. The standard InChI is InChI=1S/C27H30N4O2S/c1-18-24(16-29-26(32)23-10-5-6-11-25(23)34-4)22-12-13-31(17-20(22)15-28-18)27(33)19-8-7-9-21(14-19)30(2)3/h5-11,14-15H,12-13,16-17H2,1-4H3,(H,29,32). The molecule has 3 aromatic rings. The Balaban J connectivity index is 1.51. The van der Waals surface area contributed by atoms with Crippen molar-refractivity contribution in [3.63, 3.8) is 0 Å². The number of fused-ring (bicyclic) bond motifs is 1. The molecule has 176 valence electrons. The Morgan fingerprint density at radius 2 is 1.94 bits per heavy atom. The average Bonchev–Trinajstić information content (AvgIpc) is 2.87. The van der Waals surface area contributed by atoms with Crippen molar-refractivity contribution in [3.8, 4) is 0 Å². The number of pyridine rings is 1. The van der Waals surface area contributed by atoms with Gasteiger partial charge < -0.3 is 15.1 Å².